The number of imide groups is 1. The average molecular weight is 430 g/mol. The van der Waals surface area contributed by atoms with Crippen LogP contribution in [0.1, 0.15) is 42.0 Å². The highest BCUT2D eigenvalue weighted by atomic mass is 16.2. The van der Waals surface area contributed by atoms with Gasteiger partial charge in [0.05, 0.1) is 17.5 Å². The third kappa shape index (κ3) is 2.26. The summed E-state index contributed by atoms with van der Waals surface area (Å²) in [4.78, 5) is 45.1. The Hall–Kier alpha value is -2.99. The van der Waals surface area contributed by atoms with E-state index in [1.165, 1.54) is 4.90 Å². The third-order valence-electron chi connectivity index (χ3n) is 7.93. The van der Waals surface area contributed by atoms with Crippen LogP contribution >= 0.6 is 0 Å². The fourth-order valence-corrected chi connectivity index (χ4v) is 6.80. The monoisotopic (exact) mass is 429 g/mol. The second kappa shape index (κ2) is 6.51. The van der Waals surface area contributed by atoms with Crippen LogP contribution in [0.15, 0.2) is 36.4 Å². The van der Waals surface area contributed by atoms with E-state index in [2.05, 4.69) is 23.2 Å². The predicted octanol–water partition coefficient (Wildman–Crippen LogP) is 3.30. The second-order valence-corrected chi connectivity index (χ2v) is 9.72. The van der Waals surface area contributed by atoms with Crippen molar-refractivity contribution < 1.29 is 14.4 Å². The highest BCUT2D eigenvalue weighted by Gasteiger charge is 2.74. The second-order valence-electron chi connectivity index (χ2n) is 9.72. The fourth-order valence-electron chi connectivity index (χ4n) is 6.80. The zero-order chi connectivity index (χ0) is 22.4. The third-order valence-corrected chi connectivity index (χ3v) is 7.93. The molecule has 4 aliphatic rings. The van der Waals surface area contributed by atoms with Crippen LogP contribution in [0.3, 0.4) is 0 Å². The van der Waals surface area contributed by atoms with Crippen LogP contribution in [0.5, 0.6) is 0 Å². The van der Waals surface area contributed by atoms with Gasteiger partial charge in [-0.1, -0.05) is 25.1 Å². The number of nitrogens with zero attached hydrogens (tertiary/aromatic N) is 2. The number of hydrogen-bond acceptors (Lipinski definition) is 4. The maximum Gasteiger partial charge on any atom is 0.250 e. The molecular weight excluding hydrogens is 402 g/mol. The summed E-state index contributed by atoms with van der Waals surface area (Å²) in [6, 6.07) is 11.8. The highest BCUT2D eigenvalue weighted by Crippen LogP contribution is 2.60. The molecule has 2 aromatic carbocycles. The summed E-state index contributed by atoms with van der Waals surface area (Å²) in [6.45, 7) is 6.75. The molecule has 0 radical (unpaired) electrons. The fraction of sp³-hybridized carbons (Fsp3) is 0.423. The Morgan fingerprint density at radius 1 is 1.03 bits per heavy atom. The zero-order valence-electron chi connectivity index (χ0n) is 18.6. The van der Waals surface area contributed by atoms with Crippen LogP contribution in [-0.4, -0.2) is 35.2 Å². The molecule has 1 N–H and O–H groups in total. The Bertz CT molecular complexity index is 1180. The van der Waals surface area contributed by atoms with Crippen molar-refractivity contribution in [3.05, 3.63) is 58.7 Å². The van der Waals surface area contributed by atoms with Crippen molar-refractivity contribution in [2.24, 2.45) is 11.8 Å². The molecule has 0 bridgehead atoms. The first-order valence-electron chi connectivity index (χ1n) is 11.6. The van der Waals surface area contributed by atoms with Crippen LogP contribution in [0, 0.1) is 25.7 Å². The minimum absolute atomic E-state index is 0.0886. The molecule has 2 aromatic rings. The van der Waals surface area contributed by atoms with Crippen molar-refractivity contribution in [1.29, 1.82) is 0 Å². The number of hydrogen-bond donors (Lipinski definition) is 1. The lowest BCUT2D eigenvalue weighted by atomic mass is 9.75. The van der Waals surface area contributed by atoms with E-state index >= 15 is 0 Å². The molecule has 4 aliphatic heterocycles. The van der Waals surface area contributed by atoms with Gasteiger partial charge in [-0.3, -0.25) is 19.3 Å². The van der Waals surface area contributed by atoms with Gasteiger partial charge in [-0.05, 0) is 74.5 Å². The van der Waals surface area contributed by atoms with Crippen LogP contribution in [-0.2, 0) is 26.3 Å². The number of amides is 3. The maximum atomic E-state index is 14.0. The molecule has 4 heterocycles. The molecule has 6 rings (SSSR count). The lowest BCUT2D eigenvalue weighted by molar-refractivity contribution is -0.135. The zero-order valence-corrected chi connectivity index (χ0v) is 18.6. The Labute approximate surface area is 187 Å². The minimum Gasteiger partial charge on any atom is -0.324 e. The maximum absolute atomic E-state index is 14.0. The van der Waals surface area contributed by atoms with Crippen LogP contribution < -0.4 is 10.2 Å². The largest absolute Gasteiger partial charge is 0.324 e. The van der Waals surface area contributed by atoms with E-state index in [0.29, 0.717) is 5.69 Å². The van der Waals surface area contributed by atoms with Crippen LogP contribution in [0.25, 0.3) is 0 Å². The number of anilines is 2. The van der Waals surface area contributed by atoms with Crippen molar-refractivity contribution in [3.8, 4) is 0 Å². The summed E-state index contributed by atoms with van der Waals surface area (Å²) < 4.78 is 0. The van der Waals surface area contributed by atoms with Gasteiger partial charge in [-0.25, -0.2) is 4.90 Å². The van der Waals surface area contributed by atoms with E-state index in [-0.39, 0.29) is 23.8 Å². The summed E-state index contributed by atoms with van der Waals surface area (Å²) >= 11 is 0. The number of nitrogens with one attached hydrogen (secondary N) is 1. The molecule has 0 saturated carbocycles. The van der Waals surface area contributed by atoms with Gasteiger partial charge < -0.3 is 5.32 Å². The van der Waals surface area contributed by atoms with Gasteiger partial charge in [-0.15, -0.1) is 0 Å². The van der Waals surface area contributed by atoms with Gasteiger partial charge in [0.15, 0.2) is 0 Å². The molecule has 1 spiro atoms. The van der Waals surface area contributed by atoms with Gasteiger partial charge in [0, 0.05) is 17.3 Å². The number of benzene rings is 2. The lowest BCUT2D eigenvalue weighted by Gasteiger charge is -2.36. The van der Waals surface area contributed by atoms with Gasteiger partial charge in [0.2, 0.25) is 17.7 Å². The molecule has 6 nitrogen and oxygen atoms in total. The van der Waals surface area contributed by atoms with E-state index in [1.807, 2.05) is 44.2 Å². The van der Waals surface area contributed by atoms with Gasteiger partial charge in [0.25, 0.3) is 0 Å². The van der Waals surface area contributed by atoms with Crippen LogP contribution in [0.4, 0.5) is 11.4 Å². The first-order valence-corrected chi connectivity index (χ1v) is 11.6. The van der Waals surface area contributed by atoms with E-state index in [0.717, 1.165) is 53.7 Å². The first kappa shape index (κ1) is 19.7. The molecule has 3 amide bonds. The Balaban J connectivity index is 1.56. The number of fused-ring (bicyclic) bond motifs is 7. The summed E-state index contributed by atoms with van der Waals surface area (Å²) in [6.07, 6.45) is 2.60. The SMILES string of the molecule is CCc1ccc2c(c1)[C@]1(C(=O)N2)[C@@H]2C(=O)N(c3cc(C)cc(C)c3)C(=O)[C@H]2[C@@H]2CCCN21. The molecule has 0 aromatic heterocycles. The van der Waals surface area contributed by atoms with Gasteiger partial charge >= 0.3 is 0 Å². The topological polar surface area (TPSA) is 69.7 Å². The molecular formula is C26H27N3O3. The van der Waals surface area contributed by atoms with Gasteiger partial charge in [0.1, 0.15) is 5.54 Å². The Kier molecular flexibility index (Phi) is 4.01. The average Bonchev–Trinajstić information content (AvgIpc) is 3.45. The highest BCUT2D eigenvalue weighted by molar-refractivity contribution is 6.25. The molecule has 164 valence electrons. The molecule has 4 atom stereocenters. The van der Waals surface area contributed by atoms with E-state index in [1.54, 1.807) is 0 Å². The smallest absolute Gasteiger partial charge is 0.250 e. The molecule has 3 saturated heterocycles. The van der Waals surface area contributed by atoms with Crippen molar-refractivity contribution in [2.75, 3.05) is 16.8 Å². The molecule has 6 heteroatoms. The van der Waals surface area contributed by atoms with Crippen molar-refractivity contribution >= 4 is 29.1 Å². The van der Waals surface area contributed by atoms with Crippen molar-refractivity contribution in [1.82, 2.24) is 4.90 Å². The molecule has 0 aliphatic carbocycles. The van der Waals surface area contributed by atoms with Crippen molar-refractivity contribution in [3.63, 3.8) is 0 Å². The summed E-state index contributed by atoms with van der Waals surface area (Å²) in [7, 11) is 0. The summed E-state index contributed by atoms with van der Waals surface area (Å²) in [5, 5.41) is 3.05. The van der Waals surface area contributed by atoms with Crippen LogP contribution in [0.2, 0.25) is 0 Å². The number of carbonyl (C=O) groups excluding carboxylic acids is 3. The quantitative estimate of drug-likeness (QED) is 0.744. The summed E-state index contributed by atoms with van der Waals surface area (Å²) in [5.41, 5.74) is 4.28. The Morgan fingerprint density at radius 2 is 1.78 bits per heavy atom. The Morgan fingerprint density at radius 3 is 2.50 bits per heavy atom. The lowest BCUT2D eigenvalue weighted by Crippen LogP contribution is -2.54. The van der Waals surface area contributed by atoms with E-state index < -0.39 is 17.4 Å². The van der Waals surface area contributed by atoms with E-state index in [4.69, 9.17) is 0 Å². The van der Waals surface area contributed by atoms with E-state index in [9.17, 15) is 14.4 Å². The van der Waals surface area contributed by atoms with Crippen molar-refractivity contribution in [2.45, 2.75) is 51.6 Å². The normalized spacial score (nSPS) is 30.8. The number of aryl methyl sites for hydroxylation is 3. The number of rotatable bonds is 2. The first-order chi connectivity index (χ1) is 15.4. The minimum atomic E-state index is -1.10. The number of carbonyl (C=O) groups is 3. The molecule has 0 unspecified atom stereocenters. The molecule has 3 fully saturated rings. The standard InChI is InChI=1S/C26H27N3O3/c1-4-16-7-8-19-18(13-16)26(25(32)27-19)22-21(20-6-5-9-28(20)26)23(30)29(24(22)31)17-11-14(2)10-15(3)12-17/h7-8,10-13,20-22H,4-6,9H2,1-3H3,(H,27,32)/t20-,21-,22-,26+/m0/s1. The van der Waals surface area contributed by atoms with Gasteiger partial charge in [-0.2, -0.15) is 0 Å². The summed E-state index contributed by atoms with van der Waals surface area (Å²) in [5.74, 6) is -1.76. The molecule has 32 heavy (non-hydrogen) atoms. The predicted molar refractivity (Wildman–Crippen MR) is 121 cm³/mol.